The molecule has 0 saturated carbocycles. The summed E-state index contributed by atoms with van der Waals surface area (Å²) in [5.41, 5.74) is 5.26. The zero-order valence-corrected chi connectivity index (χ0v) is 11.9. The van der Waals surface area contributed by atoms with Crippen molar-refractivity contribution in [2.24, 2.45) is 5.73 Å². The summed E-state index contributed by atoms with van der Waals surface area (Å²) in [6.07, 6.45) is -5.87. The molecular formula is C6H13NNaO8P. The molecule has 0 aliphatic carbocycles. The monoisotopic (exact) mass is 281 g/mol. The van der Waals surface area contributed by atoms with Crippen molar-refractivity contribution in [2.75, 3.05) is 6.61 Å². The van der Waals surface area contributed by atoms with E-state index >= 15 is 0 Å². The molecule has 0 spiro atoms. The summed E-state index contributed by atoms with van der Waals surface area (Å²) in [5.74, 6) is 0. The molecule has 2 unspecified atom stereocenters. The van der Waals surface area contributed by atoms with Crippen LogP contribution in [0, 0.1) is 0 Å². The number of aliphatic hydroxyl groups is 3. The standard InChI is InChI=1S/C6H14NO8P.Na/c7-3-5(9)4(8)2(15-6(3)10)1-14-16(11,12)13;/h2-6,8-10H,1,7H2,(H2,11,12,13);/q;+1/p-1/t2-,3-,4-,5-,6?;/m1./s1. The Hall–Kier alpha value is 0.910. The maximum Gasteiger partial charge on any atom is 1.00 e. The Morgan fingerprint density at radius 3 is 2.35 bits per heavy atom. The molecule has 11 heteroatoms. The summed E-state index contributed by atoms with van der Waals surface area (Å²) in [6, 6.07) is -1.21. The van der Waals surface area contributed by atoms with Crippen molar-refractivity contribution in [3.8, 4) is 0 Å². The quantitative estimate of drug-likeness (QED) is 0.249. The van der Waals surface area contributed by atoms with Gasteiger partial charge >= 0.3 is 29.6 Å². The van der Waals surface area contributed by atoms with Crippen LogP contribution in [0.4, 0.5) is 0 Å². The zero-order chi connectivity index (χ0) is 12.5. The minimum absolute atomic E-state index is 0. The van der Waals surface area contributed by atoms with E-state index in [1.807, 2.05) is 0 Å². The van der Waals surface area contributed by atoms with Gasteiger partial charge < -0.3 is 40.1 Å². The number of hydrogen-bond acceptors (Lipinski definition) is 8. The van der Waals surface area contributed by atoms with Crippen molar-refractivity contribution in [3.05, 3.63) is 0 Å². The Kier molecular flexibility index (Phi) is 7.27. The summed E-state index contributed by atoms with van der Waals surface area (Å²) in [5, 5.41) is 27.9. The first kappa shape index (κ1) is 17.9. The van der Waals surface area contributed by atoms with Gasteiger partial charge in [0.1, 0.15) is 18.3 Å². The van der Waals surface area contributed by atoms with Crippen LogP contribution in [0.1, 0.15) is 0 Å². The molecule has 1 fully saturated rings. The van der Waals surface area contributed by atoms with Crippen LogP contribution in [0.25, 0.3) is 0 Å². The first-order chi connectivity index (χ1) is 7.22. The average molecular weight is 281 g/mol. The van der Waals surface area contributed by atoms with Gasteiger partial charge in [0.25, 0.3) is 7.82 Å². The zero-order valence-electron chi connectivity index (χ0n) is 9.04. The molecule has 0 radical (unpaired) electrons. The van der Waals surface area contributed by atoms with Crippen LogP contribution in [0.5, 0.6) is 0 Å². The minimum atomic E-state index is -4.95. The van der Waals surface area contributed by atoms with E-state index in [-0.39, 0.29) is 29.6 Å². The molecule has 96 valence electrons. The van der Waals surface area contributed by atoms with Gasteiger partial charge in [-0.2, -0.15) is 0 Å². The molecule has 1 heterocycles. The number of ether oxygens (including phenoxy) is 1. The second kappa shape index (κ2) is 6.90. The minimum Gasteiger partial charge on any atom is -0.756 e. The van der Waals surface area contributed by atoms with E-state index in [1.165, 1.54) is 0 Å². The van der Waals surface area contributed by atoms with Crippen molar-refractivity contribution < 1.29 is 68.5 Å². The SMILES string of the molecule is N[C@H]1C(O)O[C@H](COP(=O)([O-])O)[C@@H](O)[C@@H]1O.[Na+]. The van der Waals surface area contributed by atoms with Gasteiger partial charge in [-0.1, -0.05) is 0 Å². The van der Waals surface area contributed by atoms with Crippen molar-refractivity contribution in [3.63, 3.8) is 0 Å². The van der Waals surface area contributed by atoms with Crippen molar-refractivity contribution in [1.82, 2.24) is 0 Å². The van der Waals surface area contributed by atoms with E-state index in [1.54, 1.807) is 0 Å². The Morgan fingerprint density at radius 1 is 1.35 bits per heavy atom. The molecule has 0 amide bonds. The van der Waals surface area contributed by atoms with Crippen LogP contribution < -0.4 is 40.2 Å². The van der Waals surface area contributed by atoms with Gasteiger partial charge in [-0.05, 0) is 0 Å². The summed E-state index contributed by atoms with van der Waals surface area (Å²) >= 11 is 0. The smallest absolute Gasteiger partial charge is 0.756 e. The molecule has 17 heavy (non-hydrogen) atoms. The van der Waals surface area contributed by atoms with E-state index in [4.69, 9.17) is 15.4 Å². The average Bonchev–Trinajstić information content (AvgIpc) is 2.17. The van der Waals surface area contributed by atoms with E-state index < -0.39 is 45.1 Å². The van der Waals surface area contributed by atoms with Gasteiger partial charge in [-0.15, -0.1) is 0 Å². The Morgan fingerprint density at radius 2 is 1.88 bits per heavy atom. The van der Waals surface area contributed by atoms with Crippen LogP contribution in [-0.2, 0) is 13.8 Å². The van der Waals surface area contributed by atoms with Gasteiger partial charge in [0.15, 0.2) is 6.29 Å². The topological polar surface area (TPSA) is 166 Å². The molecule has 1 rings (SSSR count). The normalized spacial score (nSPS) is 41.4. The fourth-order valence-electron chi connectivity index (χ4n) is 1.27. The first-order valence-corrected chi connectivity index (χ1v) is 5.85. The van der Waals surface area contributed by atoms with Gasteiger partial charge in [-0.3, -0.25) is 4.57 Å². The second-order valence-electron chi connectivity index (χ2n) is 3.39. The Labute approximate surface area is 119 Å². The van der Waals surface area contributed by atoms with Gasteiger partial charge in [0.05, 0.1) is 12.6 Å². The maximum atomic E-state index is 10.3. The molecule has 0 aromatic carbocycles. The molecule has 6 N–H and O–H groups in total. The van der Waals surface area contributed by atoms with Gasteiger partial charge in [0, 0.05) is 0 Å². The van der Waals surface area contributed by atoms with Crippen molar-refractivity contribution in [2.45, 2.75) is 30.6 Å². The summed E-state index contributed by atoms with van der Waals surface area (Å²) in [4.78, 5) is 18.6. The van der Waals surface area contributed by atoms with E-state index in [0.29, 0.717) is 0 Å². The van der Waals surface area contributed by atoms with Crippen LogP contribution >= 0.6 is 7.82 Å². The number of nitrogens with two attached hydrogens (primary N) is 1. The molecule has 1 saturated heterocycles. The summed E-state index contributed by atoms with van der Waals surface area (Å²) in [6.45, 7) is -0.737. The van der Waals surface area contributed by atoms with Gasteiger partial charge in [-0.25, -0.2) is 0 Å². The van der Waals surface area contributed by atoms with Crippen LogP contribution in [0.3, 0.4) is 0 Å². The predicted octanol–water partition coefficient (Wildman–Crippen LogP) is -6.77. The molecule has 0 aromatic rings. The third-order valence-corrected chi connectivity index (χ3v) is 2.65. The maximum absolute atomic E-state index is 10.3. The molecule has 1 aliphatic heterocycles. The summed E-state index contributed by atoms with van der Waals surface area (Å²) in [7, 11) is -4.95. The van der Waals surface area contributed by atoms with Crippen molar-refractivity contribution in [1.29, 1.82) is 0 Å². The Balaban J connectivity index is 0.00000256. The third kappa shape index (κ3) is 5.19. The molecule has 9 nitrogen and oxygen atoms in total. The molecular weight excluding hydrogens is 268 g/mol. The number of phosphoric acid groups is 1. The third-order valence-electron chi connectivity index (χ3n) is 2.17. The molecule has 0 aromatic heterocycles. The van der Waals surface area contributed by atoms with Crippen LogP contribution in [0.2, 0.25) is 0 Å². The van der Waals surface area contributed by atoms with E-state index in [9.17, 15) is 24.8 Å². The molecule has 1 aliphatic rings. The van der Waals surface area contributed by atoms with Crippen molar-refractivity contribution >= 4 is 7.82 Å². The first-order valence-electron chi connectivity index (χ1n) is 4.36. The van der Waals surface area contributed by atoms with E-state index in [2.05, 4.69) is 4.52 Å². The summed E-state index contributed by atoms with van der Waals surface area (Å²) < 4.78 is 19.0. The second-order valence-corrected chi connectivity index (χ2v) is 4.58. The van der Waals surface area contributed by atoms with E-state index in [0.717, 1.165) is 0 Å². The fraction of sp³-hybridized carbons (Fsp3) is 1.00. The van der Waals surface area contributed by atoms with Crippen LogP contribution in [-0.4, -0.2) is 57.5 Å². The fourth-order valence-corrected chi connectivity index (χ4v) is 1.61. The Bertz CT molecular complexity index is 287. The predicted molar refractivity (Wildman–Crippen MR) is 46.6 cm³/mol. The number of aliphatic hydroxyl groups excluding tert-OH is 3. The van der Waals surface area contributed by atoms with Crippen LogP contribution in [0.15, 0.2) is 0 Å². The molecule has 6 atom stereocenters. The molecule has 0 bridgehead atoms. The number of hydrogen-bond donors (Lipinski definition) is 5. The number of phosphoric ester groups is 1. The largest absolute Gasteiger partial charge is 1.00 e. The van der Waals surface area contributed by atoms with Gasteiger partial charge in [0.2, 0.25) is 0 Å². The number of rotatable bonds is 3.